The van der Waals surface area contributed by atoms with Gasteiger partial charge in [0.2, 0.25) is 5.91 Å². The third-order valence-electron chi connectivity index (χ3n) is 5.10. The Morgan fingerprint density at radius 3 is 3.10 bits per heavy atom. The van der Waals surface area contributed by atoms with Gasteiger partial charge in [-0.15, -0.1) is 11.3 Å². The maximum Gasteiger partial charge on any atom is 0.261 e. The number of anilines is 1. The molecule has 4 aromatic rings. The lowest BCUT2D eigenvalue weighted by Crippen LogP contribution is -2.28. The Balaban J connectivity index is 1.33. The van der Waals surface area contributed by atoms with Gasteiger partial charge in [0, 0.05) is 17.4 Å². The molecule has 0 bridgehead atoms. The predicted octanol–water partition coefficient (Wildman–Crippen LogP) is 3.40. The van der Waals surface area contributed by atoms with Crippen LogP contribution >= 0.6 is 11.3 Å². The van der Waals surface area contributed by atoms with Gasteiger partial charge >= 0.3 is 0 Å². The van der Waals surface area contributed by atoms with Crippen LogP contribution in [0, 0.1) is 6.92 Å². The van der Waals surface area contributed by atoms with Crippen molar-refractivity contribution in [2.45, 2.75) is 19.9 Å². The highest BCUT2D eigenvalue weighted by atomic mass is 32.1. The van der Waals surface area contributed by atoms with Crippen molar-refractivity contribution in [2.75, 3.05) is 11.9 Å². The number of para-hydroxylation sites is 1. The van der Waals surface area contributed by atoms with Crippen molar-refractivity contribution in [3.05, 3.63) is 69.6 Å². The van der Waals surface area contributed by atoms with Gasteiger partial charge < -0.3 is 10.1 Å². The number of fused-ring (bicyclic) bond motifs is 2. The highest BCUT2D eigenvalue weighted by Gasteiger charge is 2.15. The smallest absolute Gasteiger partial charge is 0.261 e. The summed E-state index contributed by atoms with van der Waals surface area (Å²) in [5, 5.41) is 5.67. The van der Waals surface area contributed by atoms with Crippen molar-refractivity contribution in [3.63, 3.8) is 0 Å². The van der Waals surface area contributed by atoms with Crippen LogP contribution in [-0.4, -0.2) is 27.0 Å². The van der Waals surface area contributed by atoms with E-state index < -0.39 is 0 Å². The van der Waals surface area contributed by atoms with Crippen LogP contribution in [0.3, 0.4) is 0 Å². The summed E-state index contributed by atoms with van der Waals surface area (Å²) >= 11 is 1.35. The van der Waals surface area contributed by atoms with Crippen molar-refractivity contribution < 1.29 is 9.53 Å². The number of ether oxygens (including phenoxy) is 1. The van der Waals surface area contributed by atoms with Crippen molar-refractivity contribution in [1.82, 2.24) is 14.5 Å². The Bertz CT molecular complexity index is 1340. The minimum Gasteiger partial charge on any atom is -0.493 e. The maximum atomic E-state index is 12.7. The number of nitrogens with one attached hydrogen (secondary N) is 1. The van der Waals surface area contributed by atoms with E-state index in [-0.39, 0.29) is 18.0 Å². The second-order valence-corrected chi connectivity index (χ2v) is 8.01. The molecule has 0 fully saturated rings. The molecule has 2 aromatic heterocycles. The molecule has 5 rings (SSSR count). The van der Waals surface area contributed by atoms with E-state index in [0.29, 0.717) is 22.6 Å². The van der Waals surface area contributed by atoms with Gasteiger partial charge in [-0.05, 0) is 42.3 Å². The molecule has 7 nitrogen and oxygen atoms in total. The average molecular weight is 418 g/mol. The van der Waals surface area contributed by atoms with Crippen molar-refractivity contribution in [1.29, 1.82) is 0 Å². The quantitative estimate of drug-likeness (QED) is 0.549. The van der Waals surface area contributed by atoms with Gasteiger partial charge in [-0.2, -0.15) is 0 Å². The fraction of sp³-hybridized carbons (Fsp3) is 0.182. The highest BCUT2D eigenvalue weighted by molar-refractivity contribution is 7.14. The Labute approximate surface area is 176 Å². The molecule has 30 heavy (non-hydrogen) atoms. The summed E-state index contributed by atoms with van der Waals surface area (Å²) in [5.41, 5.74) is 4.30. The maximum absolute atomic E-state index is 12.7. The van der Waals surface area contributed by atoms with Crippen LogP contribution in [0.5, 0.6) is 5.75 Å². The predicted molar refractivity (Wildman–Crippen MR) is 116 cm³/mol. The molecule has 0 unspecified atom stereocenters. The van der Waals surface area contributed by atoms with Gasteiger partial charge in [0.25, 0.3) is 5.56 Å². The molecule has 1 aliphatic heterocycles. The van der Waals surface area contributed by atoms with Crippen LogP contribution in [0.25, 0.3) is 22.2 Å². The van der Waals surface area contributed by atoms with Gasteiger partial charge in [-0.3, -0.25) is 14.2 Å². The number of thiazole rings is 1. The lowest BCUT2D eigenvalue weighted by Gasteiger charge is -2.07. The number of nitrogens with zero attached hydrogens (tertiary/aromatic N) is 3. The number of hydrogen-bond donors (Lipinski definition) is 1. The third kappa shape index (κ3) is 3.35. The first-order chi connectivity index (χ1) is 14.6. The van der Waals surface area contributed by atoms with Crippen LogP contribution in [0.15, 0.2) is 52.9 Å². The second kappa shape index (κ2) is 7.38. The fourth-order valence-electron chi connectivity index (χ4n) is 3.57. The summed E-state index contributed by atoms with van der Waals surface area (Å²) in [4.78, 5) is 34.0. The molecule has 8 heteroatoms. The van der Waals surface area contributed by atoms with Crippen LogP contribution in [-0.2, 0) is 17.8 Å². The first kappa shape index (κ1) is 18.5. The molecular formula is C22H18N4O3S. The van der Waals surface area contributed by atoms with E-state index in [0.717, 1.165) is 29.0 Å². The van der Waals surface area contributed by atoms with Crippen molar-refractivity contribution in [2.24, 2.45) is 0 Å². The minimum atomic E-state index is -0.325. The van der Waals surface area contributed by atoms with Gasteiger partial charge in [0.05, 0.1) is 29.5 Å². The standard InChI is InChI=1S/C22H18N4O3S/c1-13-3-2-4-16-20(13)23-12-26(21(16)28)10-19(27)25-22-24-17(11-30-22)14-5-6-18-15(9-14)7-8-29-18/h2-6,9,11-12H,7-8,10H2,1H3,(H,24,25,27). The van der Waals surface area contributed by atoms with Crippen LogP contribution < -0.4 is 15.6 Å². The zero-order valence-corrected chi connectivity index (χ0v) is 17.0. The van der Waals surface area contributed by atoms with Crippen molar-refractivity contribution >= 4 is 33.3 Å². The van der Waals surface area contributed by atoms with E-state index in [1.54, 1.807) is 6.07 Å². The highest BCUT2D eigenvalue weighted by Crippen LogP contribution is 2.31. The molecule has 150 valence electrons. The summed E-state index contributed by atoms with van der Waals surface area (Å²) in [6, 6.07) is 11.4. The van der Waals surface area contributed by atoms with E-state index in [4.69, 9.17) is 4.74 Å². The molecule has 0 saturated carbocycles. The molecule has 0 radical (unpaired) electrons. The summed E-state index contributed by atoms with van der Waals surface area (Å²) in [7, 11) is 0. The Morgan fingerprint density at radius 2 is 2.20 bits per heavy atom. The normalized spacial score (nSPS) is 12.6. The summed E-state index contributed by atoms with van der Waals surface area (Å²) in [6.45, 7) is 2.49. The number of rotatable bonds is 4. The van der Waals surface area contributed by atoms with Gasteiger partial charge in [-0.25, -0.2) is 9.97 Å². The molecule has 1 amide bonds. The van der Waals surface area contributed by atoms with Gasteiger partial charge in [0.1, 0.15) is 12.3 Å². The number of hydrogen-bond acceptors (Lipinski definition) is 6. The van der Waals surface area contributed by atoms with E-state index in [1.165, 1.54) is 27.8 Å². The number of carbonyl (C=O) groups is 1. The minimum absolute atomic E-state index is 0.124. The molecule has 3 heterocycles. The van der Waals surface area contributed by atoms with Gasteiger partial charge in [-0.1, -0.05) is 12.1 Å². The average Bonchev–Trinajstić information content (AvgIpc) is 3.39. The number of carbonyl (C=O) groups excluding carboxylic acids is 1. The summed E-state index contributed by atoms with van der Waals surface area (Å²) in [6.07, 6.45) is 2.31. The van der Waals surface area contributed by atoms with Crippen LogP contribution in [0.1, 0.15) is 11.1 Å². The number of benzene rings is 2. The number of amides is 1. The monoisotopic (exact) mass is 418 g/mol. The molecule has 0 aliphatic carbocycles. The molecule has 0 spiro atoms. The molecular weight excluding hydrogens is 400 g/mol. The molecule has 0 saturated heterocycles. The molecule has 1 aliphatic rings. The summed E-state index contributed by atoms with van der Waals surface area (Å²) < 4.78 is 6.85. The van der Waals surface area contributed by atoms with Crippen molar-refractivity contribution in [3.8, 4) is 17.0 Å². The molecule has 1 N–H and O–H groups in total. The van der Waals surface area contributed by atoms with E-state index in [1.807, 2.05) is 36.6 Å². The molecule has 2 aromatic carbocycles. The second-order valence-electron chi connectivity index (χ2n) is 7.16. The van der Waals surface area contributed by atoms with E-state index in [9.17, 15) is 9.59 Å². The Morgan fingerprint density at radius 1 is 1.30 bits per heavy atom. The van der Waals surface area contributed by atoms with Crippen LogP contribution in [0.2, 0.25) is 0 Å². The van der Waals surface area contributed by atoms with E-state index >= 15 is 0 Å². The Hall–Kier alpha value is -3.52. The summed E-state index contributed by atoms with van der Waals surface area (Å²) in [5.74, 6) is 0.598. The SMILES string of the molecule is Cc1cccc2c(=O)n(CC(=O)Nc3nc(-c4ccc5c(c4)CCO5)cs3)cnc12. The first-order valence-corrected chi connectivity index (χ1v) is 10.4. The zero-order valence-electron chi connectivity index (χ0n) is 16.2. The fourth-order valence-corrected chi connectivity index (χ4v) is 4.31. The third-order valence-corrected chi connectivity index (χ3v) is 5.86. The largest absolute Gasteiger partial charge is 0.493 e. The Kier molecular flexibility index (Phi) is 4.55. The van der Waals surface area contributed by atoms with Gasteiger partial charge in [0.15, 0.2) is 5.13 Å². The topological polar surface area (TPSA) is 86.1 Å². The number of aryl methyl sites for hydroxylation is 1. The van der Waals surface area contributed by atoms with E-state index in [2.05, 4.69) is 21.4 Å². The van der Waals surface area contributed by atoms with Crippen LogP contribution in [0.4, 0.5) is 5.13 Å². The molecule has 0 atom stereocenters. The zero-order chi connectivity index (χ0) is 20.7. The lowest BCUT2D eigenvalue weighted by atomic mass is 10.1. The lowest BCUT2D eigenvalue weighted by molar-refractivity contribution is -0.116. The first-order valence-electron chi connectivity index (χ1n) is 9.55. The number of aromatic nitrogens is 3.